The highest BCUT2D eigenvalue weighted by Crippen LogP contribution is 2.26. The van der Waals surface area contributed by atoms with Crippen molar-refractivity contribution in [1.29, 1.82) is 0 Å². The Morgan fingerprint density at radius 2 is 1.82 bits per heavy atom. The van der Waals surface area contributed by atoms with Gasteiger partial charge in [0.1, 0.15) is 0 Å². The Bertz CT molecular complexity index is 1050. The van der Waals surface area contributed by atoms with E-state index in [0.29, 0.717) is 5.56 Å². The molecule has 3 heterocycles. The Hall–Kier alpha value is -3.09. The number of amides is 1. The number of rotatable bonds is 3. The van der Waals surface area contributed by atoms with Crippen molar-refractivity contribution in [2.45, 2.75) is 31.7 Å². The van der Waals surface area contributed by atoms with Crippen molar-refractivity contribution in [2.24, 2.45) is 0 Å². The second kappa shape index (κ2) is 6.82. The van der Waals surface area contributed by atoms with Crippen LogP contribution in [-0.4, -0.2) is 57.2 Å². The summed E-state index contributed by atoms with van der Waals surface area (Å²) in [5, 5.41) is 8.82. The number of carbonyl (C=O) groups is 1. The lowest BCUT2D eigenvalue weighted by Crippen LogP contribution is -2.60. The van der Waals surface area contributed by atoms with Crippen molar-refractivity contribution in [2.75, 3.05) is 25.0 Å². The molecule has 7 nitrogen and oxygen atoms in total. The lowest BCUT2D eigenvalue weighted by Gasteiger charge is -2.44. The Morgan fingerprint density at radius 1 is 1.04 bits per heavy atom. The predicted molar refractivity (Wildman–Crippen MR) is 106 cm³/mol. The summed E-state index contributed by atoms with van der Waals surface area (Å²) >= 11 is 0. The Labute approximate surface area is 163 Å². The molecule has 1 aliphatic carbocycles. The maximum absolute atomic E-state index is 12.9. The first-order valence-electron chi connectivity index (χ1n) is 9.77. The van der Waals surface area contributed by atoms with E-state index in [2.05, 4.69) is 31.1 Å². The van der Waals surface area contributed by atoms with Gasteiger partial charge in [0.2, 0.25) is 0 Å². The van der Waals surface area contributed by atoms with Crippen molar-refractivity contribution < 1.29 is 4.79 Å². The molecular formula is C21H22N6O. The van der Waals surface area contributed by atoms with Crippen molar-refractivity contribution >= 4 is 22.8 Å². The first kappa shape index (κ1) is 17.0. The van der Waals surface area contributed by atoms with Gasteiger partial charge in [0, 0.05) is 38.1 Å². The lowest BCUT2D eigenvalue weighted by molar-refractivity contribution is 0.0705. The Kier molecular flexibility index (Phi) is 4.15. The van der Waals surface area contributed by atoms with Gasteiger partial charge in [-0.1, -0.05) is 0 Å². The van der Waals surface area contributed by atoms with Gasteiger partial charge in [-0.15, -0.1) is 5.10 Å². The standard InChI is InChI=1S/C21H22N6O/c1-26(21(28)15-6-7-18-19(10-15)23-9-8-22-18)16-12-27(13-16)20-11-14-4-2-3-5-17(14)24-25-20/h6-11,16H,2-5,12-13H2,1H3. The average Bonchev–Trinajstić information content (AvgIpc) is 2.71. The number of aryl methyl sites for hydroxylation is 2. The maximum Gasteiger partial charge on any atom is 0.254 e. The number of aromatic nitrogens is 4. The fraction of sp³-hybridized carbons (Fsp3) is 0.381. The molecule has 142 valence electrons. The third-order valence-electron chi connectivity index (χ3n) is 5.83. The summed E-state index contributed by atoms with van der Waals surface area (Å²) in [6.07, 6.45) is 7.87. The van der Waals surface area contributed by atoms with Crippen LogP contribution in [0.5, 0.6) is 0 Å². The van der Waals surface area contributed by atoms with Crippen LogP contribution in [0.25, 0.3) is 11.0 Å². The zero-order valence-electron chi connectivity index (χ0n) is 15.9. The van der Waals surface area contributed by atoms with Crippen LogP contribution in [0.3, 0.4) is 0 Å². The van der Waals surface area contributed by atoms with Gasteiger partial charge >= 0.3 is 0 Å². The smallest absolute Gasteiger partial charge is 0.254 e. The fourth-order valence-corrected chi connectivity index (χ4v) is 3.99. The highest BCUT2D eigenvalue weighted by molar-refractivity contribution is 5.97. The van der Waals surface area contributed by atoms with E-state index in [9.17, 15) is 4.79 Å². The van der Waals surface area contributed by atoms with Gasteiger partial charge in [0.15, 0.2) is 5.82 Å². The SMILES string of the molecule is CN(C(=O)c1ccc2nccnc2c1)C1CN(c2cc3c(nn2)CCCC3)C1. The molecule has 1 amide bonds. The second-order valence-electron chi connectivity index (χ2n) is 7.62. The van der Waals surface area contributed by atoms with Crippen LogP contribution in [0.15, 0.2) is 36.7 Å². The third kappa shape index (κ3) is 2.96. The molecule has 7 heteroatoms. The fourth-order valence-electron chi connectivity index (χ4n) is 3.99. The molecule has 2 aromatic heterocycles. The molecule has 28 heavy (non-hydrogen) atoms. The van der Waals surface area contributed by atoms with Crippen LogP contribution in [-0.2, 0) is 12.8 Å². The molecule has 1 aromatic carbocycles. The van der Waals surface area contributed by atoms with Gasteiger partial charge in [0.05, 0.1) is 22.8 Å². The van der Waals surface area contributed by atoms with E-state index < -0.39 is 0 Å². The zero-order valence-corrected chi connectivity index (χ0v) is 15.9. The van der Waals surface area contributed by atoms with Crippen molar-refractivity contribution in [3.05, 3.63) is 53.5 Å². The summed E-state index contributed by atoms with van der Waals surface area (Å²) in [6, 6.07) is 7.83. The van der Waals surface area contributed by atoms with E-state index in [-0.39, 0.29) is 11.9 Å². The predicted octanol–water partition coefficient (Wildman–Crippen LogP) is 2.26. The summed E-state index contributed by atoms with van der Waals surface area (Å²) < 4.78 is 0. The van der Waals surface area contributed by atoms with Crippen LogP contribution >= 0.6 is 0 Å². The highest BCUT2D eigenvalue weighted by Gasteiger charge is 2.34. The first-order chi connectivity index (χ1) is 13.7. The van der Waals surface area contributed by atoms with Crippen molar-refractivity contribution in [3.8, 4) is 0 Å². The number of fused-ring (bicyclic) bond motifs is 2. The van der Waals surface area contributed by atoms with Gasteiger partial charge in [-0.05, 0) is 55.5 Å². The number of anilines is 1. The van der Waals surface area contributed by atoms with Gasteiger partial charge in [-0.2, -0.15) is 5.10 Å². The summed E-state index contributed by atoms with van der Waals surface area (Å²) in [7, 11) is 1.86. The largest absolute Gasteiger partial charge is 0.351 e. The van der Waals surface area contributed by atoms with E-state index in [4.69, 9.17) is 0 Å². The molecule has 1 aliphatic heterocycles. The molecule has 0 unspecified atom stereocenters. The summed E-state index contributed by atoms with van der Waals surface area (Å²) in [5.74, 6) is 0.937. The first-order valence-corrected chi connectivity index (χ1v) is 9.77. The van der Waals surface area contributed by atoms with E-state index in [1.54, 1.807) is 12.4 Å². The zero-order chi connectivity index (χ0) is 19.1. The minimum atomic E-state index is 0.00808. The number of hydrogen-bond acceptors (Lipinski definition) is 6. The van der Waals surface area contributed by atoms with Crippen molar-refractivity contribution in [1.82, 2.24) is 25.1 Å². The molecule has 2 aliphatic rings. The van der Waals surface area contributed by atoms with Crippen LogP contribution < -0.4 is 4.90 Å². The number of carbonyl (C=O) groups excluding carboxylic acids is 1. The van der Waals surface area contributed by atoms with Gasteiger partial charge in [0.25, 0.3) is 5.91 Å². The van der Waals surface area contributed by atoms with Gasteiger partial charge < -0.3 is 9.80 Å². The quantitative estimate of drug-likeness (QED) is 0.700. The molecule has 0 saturated carbocycles. The maximum atomic E-state index is 12.9. The molecule has 3 aromatic rings. The number of nitrogens with zero attached hydrogens (tertiary/aromatic N) is 6. The monoisotopic (exact) mass is 374 g/mol. The second-order valence-corrected chi connectivity index (χ2v) is 7.62. The Morgan fingerprint density at radius 3 is 2.68 bits per heavy atom. The molecule has 1 fully saturated rings. The third-order valence-corrected chi connectivity index (χ3v) is 5.83. The van der Waals surface area contributed by atoms with E-state index in [1.807, 2.05) is 30.1 Å². The molecule has 0 spiro atoms. The van der Waals surface area contributed by atoms with E-state index >= 15 is 0 Å². The molecule has 1 saturated heterocycles. The number of hydrogen-bond donors (Lipinski definition) is 0. The van der Waals surface area contributed by atoms with Crippen LogP contribution in [0.4, 0.5) is 5.82 Å². The van der Waals surface area contributed by atoms with E-state index in [0.717, 1.165) is 48.5 Å². The normalized spacial score (nSPS) is 16.5. The molecule has 5 rings (SSSR count). The topological polar surface area (TPSA) is 75.1 Å². The average molecular weight is 374 g/mol. The van der Waals surface area contributed by atoms with Crippen LogP contribution in [0, 0.1) is 0 Å². The Balaban J connectivity index is 1.27. The van der Waals surface area contributed by atoms with Gasteiger partial charge in [-0.25, -0.2) is 0 Å². The summed E-state index contributed by atoms with van der Waals surface area (Å²) in [5.41, 5.74) is 4.66. The molecule has 0 atom stereocenters. The summed E-state index contributed by atoms with van der Waals surface area (Å²) in [6.45, 7) is 1.56. The van der Waals surface area contributed by atoms with Crippen molar-refractivity contribution in [3.63, 3.8) is 0 Å². The molecule has 0 radical (unpaired) electrons. The number of likely N-dealkylation sites (N-methyl/N-ethyl adjacent to an activating group) is 1. The van der Waals surface area contributed by atoms with Crippen LogP contribution in [0.2, 0.25) is 0 Å². The number of benzene rings is 1. The minimum Gasteiger partial charge on any atom is -0.351 e. The lowest BCUT2D eigenvalue weighted by atomic mass is 9.96. The van der Waals surface area contributed by atoms with Gasteiger partial charge in [-0.3, -0.25) is 14.8 Å². The summed E-state index contributed by atoms with van der Waals surface area (Å²) in [4.78, 5) is 25.5. The molecule has 0 N–H and O–H groups in total. The highest BCUT2D eigenvalue weighted by atomic mass is 16.2. The minimum absolute atomic E-state index is 0.00808. The molecule has 0 bridgehead atoms. The van der Waals surface area contributed by atoms with E-state index in [1.165, 1.54) is 18.4 Å². The molecular weight excluding hydrogens is 352 g/mol. The van der Waals surface area contributed by atoms with Crippen LogP contribution in [0.1, 0.15) is 34.5 Å².